The van der Waals surface area contributed by atoms with Crippen molar-refractivity contribution in [2.75, 3.05) is 6.54 Å². The van der Waals surface area contributed by atoms with E-state index in [-0.39, 0.29) is 6.04 Å². The third-order valence-corrected chi connectivity index (χ3v) is 3.06. The summed E-state index contributed by atoms with van der Waals surface area (Å²) in [7, 11) is 9.34. The summed E-state index contributed by atoms with van der Waals surface area (Å²) in [6.07, 6.45) is 6.30. The first-order chi connectivity index (χ1) is 6.79. The molecule has 1 aliphatic heterocycles. The molecule has 14 heavy (non-hydrogen) atoms. The number of hydrogen-bond acceptors (Lipinski definition) is 0. The molecule has 2 rings (SSSR count). The molecular weight excluding hydrogens is 271 g/mol. The number of halogens is 2. The molecule has 1 saturated carbocycles. The van der Waals surface area contributed by atoms with Gasteiger partial charge in [-0.25, -0.2) is 0 Å². The van der Waals surface area contributed by atoms with Gasteiger partial charge in [-0.2, -0.15) is 12.1 Å². The summed E-state index contributed by atoms with van der Waals surface area (Å²) in [5.74, 6) is 0.778. The molecule has 0 aromatic rings. The van der Waals surface area contributed by atoms with Crippen LogP contribution in [-0.2, 0) is 13.1 Å². The van der Waals surface area contributed by atoms with E-state index in [1.807, 2.05) is 0 Å². The molecule has 0 aromatic carbocycles. The van der Waals surface area contributed by atoms with Gasteiger partial charge in [-0.1, -0.05) is 38.0 Å². The predicted molar refractivity (Wildman–Crippen MR) is 58.4 cm³/mol. The minimum Gasteiger partial charge on any atom is -0.676 e. The van der Waals surface area contributed by atoms with Gasteiger partial charge in [0, 0.05) is 0 Å². The maximum atomic E-state index is 7.80. The molecule has 5 heteroatoms. The molecule has 1 saturated heterocycles. The number of hydrogen-bond donors (Lipinski definition) is 0. The van der Waals surface area contributed by atoms with Crippen LogP contribution < -0.4 is 0 Å². The molecule has 2 aliphatic rings. The summed E-state index contributed by atoms with van der Waals surface area (Å²) in [6.45, 7) is 1.02. The Balaban J connectivity index is 0.000000293. The van der Waals surface area contributed by atoms with Crippen LogP contribution in [0.2, 0.25) is 0 Å². The number of nitrogens with one attached hydrogen (secondary N) is 1. The SMILES string of the molecule is [Cl][Cu][Cl].[NH-]C1CCCC2CCC[N-]C12. The summed E-state index contributed by atoms with van der Waals surface area (Å²) in [5, 5.41) is 4.54. The number of nitrogens with zero attached hydrogens (tertiary/aromatic N) is 1. The van der Waals surface area contributed by atoms with Crippen LogP contribution in [0, 0.1) is 5.92 Å². The first kappa shape index (κ1) is 13.1. The molecule has 3 atom stereocenters. The molecule has 0 aromatic heterocycles. The van der Waals surface area contributed by atoms with E-state index in [1.54, 1.807) is 0 Å². The smallest absolute Gasteiger partial charge is 0.0519 e. The summed E-state index contributed by atoms with van der Waals surface area (Å²) in [5.41, 5.74) is 7.80. The molecule has 1 heterocycles. The van der Waals surface area contributed by atoms with E-state index in [1.165, 1.54) is 25.7 Å². The zero-order valence-electron chi connectivity index (χ0n) is 7.98. The van der Waals surface area contributed by atoms with Crippen molar-refractivity contribution in [2.24, 2.45) is 5.92 Å². The Hall–Kier alpha value is 1.02. The molecule has 2 fully saturated rings. The molecule has 2 nitrogen and oxygen atoms in total. The quantitative estimate of drug-likeness (QED) is 0.601. The zero-order valence-corrected chi connectivity index (χ0v) is 10.4. The van der Waals surface area contributed by atoms with Crippen LogP contribution in [0.5, 0.6) is 0 Å². The van der Waals surface area contributed by atoms with Gasteiger partial charge < -0.3 is 11.1 Å². The van der Waals surface area contributed by atoms with E-state index >= 15 is 0 Å². The van der Waals surface area contributed by atoms with Crippen molar-refractivity contribution in [3.63, 3.8) is 0 Å². The summed E-state index contributed by atoms with van der Waals surface area (Å²) >= 11 is 0.757. The maximum Gasteiger partial charge on any atom is -0.0519 e. The van der Waals surface area contributed by atoms with Crippen LogP contribution in [0.4, 0.5) is 0 Å². The zero-order chi connectivity index (χ0) is 10.4. The van der Waals surface area contributed by atoms with Gasteiger partial charge in [0.2, 0.25) is 0 Å². The van der Waals surface area contributed by atoms with Gasteiger partial charge in [-0.3, -0.25) is 0 Å². The van der Waals surface area contributed by atoms with E-state index in [4.69, 9.17) is 5.73 Å². The Labute approximate surface area is 101 Å². The number of piperidine rings is 1. The maximum absolute atomic E-state index is 7.80. The van der Waals surface area contributed by atoms with Gasteiger partial charge in [0.05, 0.1) is 0 Å². The largest absolute Gasteiger partial charge is 0.676 e. The first-order valence-corrected chi connectivity index (χ1v) is 7.57. The number of rotatable bonds is 0. The van der Waals surface area contributed by atoms with Crippen molar-refractivity contribution in [2.45, 2.75) is 44.2 Å². The molecule has 0 amide bonds. The van der Waals surface area contributed by atoms with Crippen molar-refractivity contribution in [3.8, 4) is 0 Å². The fourth-order valence-corrected chi connectivity index (χ4v) is 2.46. The monoisotopic (exact) mass is 285 g/mol. The second kappa shape index (κ2) is 7.32. The van der Waals surface area contributed by atoms with E-state index in [0.717, 1.165) is 32.0 Å². The molecule has 89 valence electrons. The van der Waals surface area contributed by atoms with Gasteiger partial charge in [-0.15, -0.1) is 6.54 Å². The van der Waals surface area contributed by atoms with Gasteiger partial charge in [0.15, 0.2) is 0 Å². The summed E-state index contributed by atoms with van der Waals surface area (Å²) in [6, 6.07) is 0.548. The topological polar surface area (TPSA) is 37.9 Å². The summed E-state index contributed by atoms with van der Waals surface area (Å²) in [4.78, 5) is 0. The molecule has 1 N–H and O–H groups in total. The molecule has 0 spiro atoms. The van der Waals surface area contributed by atoms with Crippen molar-refractivity contribution < 1.29 is 13.1 Å². The van der Waals surface area contributed by atoms with E-state index in [2.05, 4.69) is 25.5 Å². The van der Waals surface area contributed by atoms with Crippen LogP contribution in [0.3, 0.4) is 0 Å². The minimum atomic E-state index is 0.133. The number of fused-ring (bicyclic) bond motifs is 1. The van der Waals surface area contributed by atoms with Gasteiger partial charge >= 0.3 is 33.3 Å². The first-order valence-electron chi connectivity index (χ1n) is 4.98. The van der Waals surface area contributed by atoms with Gasteiger partial charge in [-0.05, 0) is 0 Å². The van der Waals surface area contributed by atoms with Crippen LogP contribution in [-0.4, -0.2) is 18.6 Å². The van der Waals surface area contributed by atoms with E-state index in [9.17, 15) is 0 Å². The minimum absolute atomic E-state index is 0.133. The molecule has 0 bridgehead atoms. The third kappa shape index (κ3) is 3.88. The molecule has 0 radical (unpaired) electrons. The van der Waals surface area contributed by atoms with E-state index in [0.29, 0.717) is 6.04 Å². The van der Waals surface area contributed by atoms with Crippen LogP contribution >= 0.6 is 20.2 Å². The molecule has 1 aliphatic carbocycles. The van der Waals surface area contributed by atoms with E-state index < -0.39 is 0 Å². The Morgan fingerprint density at radius 3 is 2.43 bits per heavy atom. The Morgan fingerprint density at radius 2 is 1.79 bits per heavy atom. The fourth-order valence-electron chi connectivity index (χ4n) is 2.46. The second-order valence-electron chi connectivity index (χ2n) is 3.88. The summed E-state index contributed by atoms with van der Waals surface area (Å²) < 4.78 is 0. The Kier molecular flexibility index (Phi) is 6.84. The van der Waals surface area contributed by atoms with Gasteiger partial charge in [0.25, 0.3) is 0 Å². The Morgan fingerprint density at radius 1 is 1.14 bits per heavy atom. The predicted octanol–water partition coefficient (Wildman–Crippen LogP) is 4.12. The van der Waals surface area contributed by atoms with Crippen LogP contribution in [0.25, 0.3) is 11.1 Å². The van der Waals surface area contributed by atoms with Crippen LogP contribution in [0.1, 0.15) is 32.1 Å². The standard InChI is InChI=1S/C9H16N2.2ClH.Cu/c10-8-5-1-3-7-4-2-6-11-9(7)8;;;/h7-10H,1-6H2;2*1H;/q-2;;;+2/p-2. The third-order valence-electron chi connectivity index (χ3n) is 3.06. The van der Waals surface area contributed by atoms with Crippen molar-refractivity contribution >= 4 is 20.2 Å². The van der Waals surface area contributed by atoms with Gasteiger partial charge in [0.1, 0.15) is 0 Å². The average Bonchev–Trinajstić information content (AvgIpc) is 2.20. The fraction of sp³-hybridized carbons (Fsp3) is 1.00. The molecule has 3 unspecified atom stereocenters. The normalized spacial score (nSPS) is 36.9. The van der Waals surface area contributed by atoms with Crippen molar-refractivity contribution in [3.05, 3.63) is 11.1 Å². The van der Waals surface area contributed by atoms with Crippen LogP contribution in [0.15, 0.2) is 0 Å². The second-order valence-corrected chi connectivity index (χ2v) is 5.43. The average molecular weight is 287 g/mol. The molecular formula is C9H16Cl2CuN2-2. The van der Waals surface area contributed by atoms with Crippen molar-refractivity contribution in [1.29, 1.82) is 0 Å². The van der Waals surface area contributed by atoms with Crippen molar-refractivity contribution in [1.82, 2.24) is 0 Å². The Bertz CT molecular complexity index is 158.